The van der Waals surface area contributed by atoms with Crippen LogP contribution in [0.25, 0.3) is 16.9 Å². The van der Waals surface area contributed by atoms with Crippen molar-refractivity contribution in [2.75, 3.05) is 27.3 Å². The molecule has 0 spiro atoms. The van der Waals surface area contributed by atoms with E-state index in [0.29, 0.717) is 35.8 Å². The quantitative estimate of drug-likeness (QED) is 0.627. The van der Waals surface area contributed by atoms with Gasteiger partial charge >= 0.3 is 0 Å². The topological polar surface area (TPSA) is 65.8 Å². The van der Waals surface area contributed by atoms with Crippen LogP contribution in [0.2, 0.25) is 0 Å². The number of hydrogen-bond donors (Lipinski definition) is 0. The summed E-state index contributed by atoms with van der Waals surface area (Å²) in [5.74, 6) is 1.19. The number of amides is 1. The van der Waals surface area contributed by atoms with Crippen LogP contribution in [0.3, 0.4) is 0 Å². The molecule has 7 nitrogen and oxygen atoms in total. The van der Waals surface area contributed by atoms with E-state index in [9.17, 15) is 4.79 Å². The van der Waals surface area contributed by atoms with Gasteiger partial charge in [0.25, 0.3) is 5.91 Å². The number of nitrogens with zero attached hydrogens (tertiary/aromatic N) is 3. The number of carbonyl (C=O) groups excluding carboxylic acids is 1. The van der Waals surface area contributed by atoms with Crippen molar-refractivity contribution in [3.8, 4) is 28.4 Å². The van der Waals surface area contributed by atoms with Crippen molar-refractivity contribution >= 4 is 5.91 Å². The summed E-state index contributed by atoms with van der Waals surface area (Å²) in [6, 6.07) is 15.2. The fraction of sp³-hybridized carbons (Fsp3) is 0.333. The number of morpholine rings is 1. The van der Waals surface area contributed by atoms with Crippen LogP contribution in [0.1, 0.15) is 24.2 Å². The molecule has 31 heavy (non-hydrogen) atoms. The Labute approximate surface area is 182 Å². The Kier molecular flexibility index (Phi) is 5.95. The predicted octanol–water partition coefficient (Wildman–Crippen LogP) is 3.81. The van der Waals surface area contributed by atoms with Crippen LogP contribution in [0.4, 0.5) is 0 Å². The Morgan fingerprint density at radius 1 is 1.03 bits per heavy atom. The second-order valence-electron chi connectivity index (χ2n) is 7.71. The molecule has 1 aliphatic rings. The number of methoxy groups -OCH3 is 2. The number of ether oxygens (including phenoxy) is 3. The molecule has 3 aromatic rings. The van der Waals surface area contributed by atoms with Crippen LogP contribution in [0, 0.1) is 0 Å². The Bertz CT molecular complexity index is 1050. The molecule has 1 amide bonds. The molecule has 7 heteroatoms. The molecule has 4 rings (SSSR count). The molecule has 2 aromatic carbocycles. The number of hydrogen-bond acceptors (Lipinski definition) is 5. The zero-order chi connectivity index (χ0) is 22.0. The molecule has 1 aromatic heterocycles. The Balaban J connectivity index is 1.82. The first-order valence-corrected chi connectivity index (χ1v) is 10.3. The van der Waals surface area contributed by atoms with Crippen LogP contribution in [0.5, 0.6) is 11.5 Å². The lowest BCUT2D eigenvalue weighted by Gasteiger charge is -2.35. The minimum absolute atomic E-state index is 0.0177. The third-order valence-corrected chi connectivity index (χ3v) is 5.34. The van der Waals surface area contributed by atoms with Crippen molar-refractivity contribution in [1.29, 1.82) is 0 Å². The minimum Gasteiger partial charge on any atom is -0.497 e. The molecule has 0 radical (unpaired) electrons. The van der Waals surface area contributed by atoms with Gasteiger partial charge in [0.15, 0.2) is 0 Å². The van der Waals surface area contributed by atoms with Crippen LogP contribution in [-0.2, 0) is 4.74 Å². The summed E-state index contributed by atoms with van der Waals surface area (Å²) in [7, 11) is 3.20. The second kappa shape index (κ2) is 8.81. The predicted molar refractivity (Wildman–Crippen MR) is 118 cm³/mol. The minimum atomic E-state index is -0.0722. The molecule has 1 aliphatic heterocycles. The van der Waals surface area contributed by atoms with Crippen LogP contribution >= 0.6 is 0 Å². The highest BCUT2D eigenvalue weighted by atomic mass is 16.5. The third kappa shape index (κ3) is 4.27. The van der Waals surface area contributed by atoms with Gasteiger partial charge < -0.3 is 19.1 Å². The lowest BCUT2D eigenvalue weighted by Crippen LogP contribution is -2.48. The molecule has 0 N–H and O–H groups in total. The Morgan fingerprint density at radius 2 is 1.74 bits per heavy atom. The molecule has 0 bridgehead atoms. The van der Waals surface area contributed by atoms with E-state index in [0.717, 1.165) is 11.3 Å². The average molecular weight is 421 g/mol. The normalized spacial score (nSPS) is 18.6. The molecule has 2 atom stereocenters. The van der Waals surface area contributed by atoms with Gasteiger partial charge in [-0.3, -0.25) is 4.79 Å². The number of aromatic nitrogens is 2. The highest BCUT2D eigenvalue weighted by molar-refractivity contribution is 6.00. The third-order valence-electron chi connectivity index (χ3n) is 5.34. The lowest BCUT2D eigenvalue weighted by atomic mass is 10.0. The van der Waals surface area contributed by atoms with Crippen molar-refractivity contribution in [2.24, 2.45) is 0 Å². The Morgan fingerprint density at radius 3 is 2.39 bits per heavy atom. The summed E-state index contributed by atoms with van der Waals surface area (Å²) in [6.45, 7) is 5.05. The zero-order valence-corrected chi connectivity index (χ0v) is 18.2. The van der Waals surface area contributed by atoms with Crippen molar-refractivity contribution in [2.45, 2.75) is 26.1 Å². The fourth-order valence-electron chi connectivity index (χ4n) is 3.95. The van der Waals surface area contributed by atoms with E-state index in [2.05, 4.69) is 0 Å². The van der Waals surface area contributed by atoms with E-state index < -0.39 is 0 Å². The maximum Gasteiger partial charge on any atom is 0.257 e. The number of carbonyl (C=O) groups is 1. The van der Waals surface area contributed by atoms with E-state index in [1.165, 1.54) is 0 Å². The van der Waals surface area contributed by atoms with Crippen molar-refractivity contribution in [3.05, 3.63) is 60.3 Å². The molecule has 0 aliphatic carbocycles. The van der Waals surface area contributed by atoms with Gasteiger partial charge in [-0.05, 0) is 38.1 Å². The maximum absolute atomic E-state index is 13.6. The molecular formula is C24H27N3O4. The molecule has 1 saturated heterocycles. The largest absolute Gasteiger partial charge is 0.497 e. The van der Waals surface area contributed by atoms with E-state index in [1.54, 1.807) is 31.2 Å². The number of para-hydroxylation sites is 1. The first-order chi connectivity index (χ1) is 15.0. The van der Waals surface area contributed by atoms with Gasteiger partial charge in [-0.1, -0.05) is 18.2 Å². The van der Waals surface area contributed by atoms with Gasteiger partial charge in [0, 0.05) is 30.9 Å². The summed E-state index contributed by atoms with van der Waals surface area (Å²) in [5.41, 5.74) is 2.70. The highest BCUT2D eigenvalue weighted by Crippen LogP contribution is 2.35. The van der Waals surface area contributed by atoms with Gasteiger partial charge in [0.1, 0.15) is 17.2 Å². The van der Waals surface area contributed by atoms with Crippen LogP contribution in [0.15, 0.2) is 54.7 Å². The standard InChI is InChI=1S/C24H27N3O4/c1-16-13-26(14-17(2)31-16)24(28)21-15-27(18-8-6-5-7-9-18)25-23(21)20-11-10-19(29-3)12-22(20)30-4/h5-12,15-17H,13-14H2,1-4H3/t16-,17-/m0/s1. The monoisotopic (exact) mass is 421 g/mol. The van der Waals surface area contributed by atoms with Gasteiger partial charge in [-0.25, -0.2) is 4.68 Å². The van der Waals surface area contributed by atoms with Gasteiger partial charge in [0.2, 0.25) is 0 Å². The highest BCUT2D eigenvalue weighted by Gasteiger charge is 2.30. The number of benzene rings is 2. The van der Waals surface area contributed by atoms with E-state index in [4.69, 9.17) is 19.3 Å². The summed E-state index contributed by atoms with van der Waals surface area (Å²) < 4.78 is 18.5. The summed E-state index contributed by atoms with van der Waals surface area (Å²) >= 11 is 0. The molecule has 162 valence electrons. The molecular weight excluding hydrogens is 394 g/mol. The van der Waals surface area contributed by atoms with Crippen LogP contribution in [-0.4, -0.2) is 60.1 Å². The smallest absolute Gasteiger partial charge is 0.257 e. The fourth-order valence-corrected chi connectivity index (χ4v) is 3.95. The van der Waals surface area contributed by atoms with Crippen molar-refractivity contribution in [3.63, 3.8) is 0 Å². The zero-order valence-electron chi connectivity index (χ0n) is 18.2. The molecule has 2 heterocycles. The number of rotatable bonds is 5. The Hall–Kier alpha value is -3.32. The summed E-state index contributed by atoms with van der Waals surface area (Å²) in [6.07, 6.45) is 1.76. The first kappa shape index (κ1) is 20.9. The SMILES string of the molecule is COc1ccc(-c2nn(-c3ccccc3)cc2C(=O)N2C[C@H](C)O[C@@H](C)C2)c(OC)c1. The molecule has 0 unspecified atom stereocenters. The molecule has 1 fully saturated rings. The van der Waals surface area contributed by atoms with Crippen molar-refractivity contribution < 1.29 is 19.0 Å². The van der Waals surface area contributed by atoms with Gasteiger partial charge in [-0.2, -0.15) is 5.10 Å². The van der Waals surface area contributed by atoms with E-state index in [-0.39, 0.29) is 18.1 Å². The molecule has 0 saturated carbocycles. The maximum atomic E-state index is 13.6. The summed E-state index contributed by atoms with van der Waals surface area (Å²) in [5, 5.41) is 4.79. The van der Waals surface area contributed by atoms with E-state index in [1.807, 2.05) is 61.2 Å². The van der Waals surface area contributed by atoms with Gasteiger partial charge in [-0.15, -0.1) is 0 Å². The lowest BCUT2D eigenvalue weighted by molar-refractivity contribution is -0.0586. The average Bonchev–Trinajstić information content (AvgIpc) is 3.23. The summed E-state index contributed by atoms with van der Waals surface area (Å²) in [4.78, 5) is 15.4. The second-order valence-corrected chi connectivity index (χ2v) is 7.71. The van der Waals surface area contributed by atoms with Crippen molar-refractivity contribution in [1.82, 2.24) is 14.7 Å². The van der Waals surface area contributed by atoms with E-state index >= 15 is 0 Å². The van der Waals surface area contributed by atoms with Gasteiger partial charge in [0.05, 0.1) is 37.7 Å². The van der Waals surface area contributed by atoms with Crippen LogP contribution < -0.4 is 9.47 Å². The first-order valence-electron chi connectivity index (χ1n) is 10.3.